The Morgan fingerprint density at radius 2 is 2.28 bits per heavy atom. The molecule has 0 atom stereocenters. The predicted molar refractivity (Wildman–Crippen MR) is 68.2 cm³/mol. The maximum atomic E-state index is 12.0. The van der Waals surface area contributed by atoms with Gasteiger partial charge in [0.25, 0.3) is 0 Å². The lowest BCUT2D eigenvalue weighted by Crippen LogP contribution is -2.35. The van der Waals surface area contributed by atoms with Crippen LogP contribution < -0.4 is 10.6 Å². The molecule has 1 aromatic heterocycles. The molecule has 100 valence electrons. The number of carbonyl (C=O) groups is 1. The fraction of sp³-hybridized carbons (Fsp3) is 0.400. The van der Waals surface area contributed by atoms with Gasteiger partial charge in [0.05, 0.1) is 12.7 Å². The van der Waals surface area contributed by atoms with Crippen molar-refractivity contribution >= 4 is 29.2 Å². The summed E-state index contributed by atoms with van der Waals surface area (Å²) in [5.74, 6) is 0. The lowest BCUT2D eigenvalue weighted by atomic mass is 10.4. The highest BCUT2D eigenvalue weighted by Crippen LogP contribution is 2.04. The summed E-state index contributed by atoms with van der Waals surface area (Å²) in [4.78, 5) is 11.3. The largest absolute Gasteiger partial charge is 0.335 e. The van der Waals surface area contributed by atoms with E-state index in [0.717, 1.165) is 5.56 Å². The third-order valence-electron chi connectivity index (χ3n) is 1.97. The third kappa shape index (κ3) is 5.88. The number of aromatic nitrogens is 2. The second-order valence-electron chi connectivity index (χ2n) is 3.36. The second-order valence-corrected chi connectivity index (χ2v) is 4.37. The molecule has 0 aromatic carbocycles. The van der Waals surface area contributed by atoms with Gasteiger partial charge >= 0.3 is 6.03 Å². The van der Waals surface area contributed by atoms with Gasteiger partial charge in [0.15, 0.2) is 0 Å². The summed E-state index contributed by atoms with van der Waals surface area (Å²) in [5, 5.41) is 9.08. The first-order valence-corrected chi connectivity index (χ1v) is 5.97. The third-order valence-corrected chi connectivity index (χ3v) is 2.28. The molecular formula is C10H13Cl2FN4O. The van der Waals surface area contributed by atoms with Crippen LogP contribution in [0.15, 0.2) is 23.0 Å². The minimum Gasteiger partial charge on any atom is -0.335 e. The standard InChI is InChI=1S/C10H13Cl2FN4O/c11-9(12)1-3-14-10(18)15-5-8-6-16-17(7-8)4-2-13/h1,6-7H,2-5H2,(H2,14,15,18). The number of aryl methyl sites for hydroxylation is 1. The molecule has 0 bridgehead atoms. The van der Waals surface area contributed by atoms with E-state index in [4.69, 9.17) is 23.2 Å². The maximum Gasteiger partial charge on any atom is 0.315 e. The van der Waals surface area contributed by atoms with Crippen molar-refractivity contribution in [3.63, 3.8) is 0 Å². The van der Waals surface area contributed by atoms with E-state index in [1.54, 1.807) is 12.4 Å². The van der Waals surface area contributed by atoms with Crippen molar-refractivity contribution in [3.05, 3.63) is 28.5 Å². The normalized spacial score (nSPS) is 9.94. The van der Waals surface area contributed by atoms with E-state index in [1.807, 2.05) is 0 Å². The van der Waals surface area contributed by atoms with Gasteiger partial charge in [0.2, 0.25) is 0 Å². The Hall–Kier alpha value is -1.27. The van der Waals surface area contributed by atoms with Gasteiger partial charge < -0.3 is 10.6 Å². The predicted octanol–water partition coefficient (Wildman–Crippen LogP) is 1.97. The van der Waals surface area contributed by atoms with Crippen LogP contribution in [-0.2, 0) is 13.1 Å². The Bertz CT molecular complexity index is 418. The summed E-state index contributed by atoms with van der Waals surface area (Å²) < 4.78 is 13.6. The van der Waals surface area contributed by atoms with Crippen molar-refractivity contribution in [2.45, 2.75) is 13.1 Å². The van der Waals surface area contributed by atoms with Gasteiger partial charge in [-0.25, -0.2) is 9.18 Å². The highest BCUT2D eigenvalue weighted by Gasteiger charge is 2.01. The molecule has 8 heteroatoms. The number of alkyl halides is 1. The Morgan fingerprint density at radius 1 is 1.50 bits per heavy atom. The molecule has 2 N–H and O–H groups in total. The summed E-state index contributed by atoms with van der Waals surface area (Å²) in [6.07, 6.45) is 4.71. The molecule has 0 spiro atoms. The molecule has 0 aliphatic heterocycles. The number of urea groups is 1. The van der Waals surface area contributed by atoms with Gasteiger partial charge in [-0.2, -0.15) is 5.10 Å². The van der Waals surface area contributed by atoms with Crippen LogP contribution in [0.4, 0.5) is 9.18 Å². The molecule has 1 heterocycles. The summed E-state index contributed by atoms with van der Waals surface area (Å²) in [6, 6.07) is -0.348. The second kappa shape index (κ2) is 7.94. The molecule has 0 saturated heterocycles. The molecule has 2 amide bonds. The van der Waals surface area contributed by atoms with Gasteiger partial charge in [0.1, 0.15) is 11.2 Å². The van der Waals surface area contributed by atoms with Crippen LogP contribution in [-0.4, -0.2) is 29.0 Å². The lowest BCUT2D eigenvalue weighted by Gasteiger charge is -2.04. The number of rotatable bonds is 6. The summed E-state index contributed by atoms with van der Waals surface area (Å²) in [5.41, 5.74) is 0.796. The van der Waals surface area contributed by atoms with E-state index in [2.05, 4.69) is 15.7 Å². The number of hydrogen-bond acceptors (Lipinski definition) is 2. The van der Waals surface area contributed by atoms with Gasteiger partial charge in [0, 0.05) is 24.8 Å². The quantitative estimate of drug-likeness (QED) is 0.843. The molecule has 18 heavy (non-hydrogen) atoms. The van der Waals surface area contributed by atoms with Gasteiger partial charge in [-0.15, -0.1) is 0 Å². The molecule has 0 saturated carbocycles. The SMILES string of the molecule is O=C(NCC=C(Cl)Cl)NCc1cnn(CCF)c1. The maximum absolute atomic E-state index is 12.0. The van der Waals surface area contributed by atoms with E-state index in [0.29, 0.717) is 6.54 Å². The van der Waals surface area contributed by atoms with E-state index in [-0.39, 0.29) is 23.6 Å². The summed E-state index contributed by atoms with van der Waals surface area (Å²) in [7, 11) is 0. The van der Waals surface area contributed by atoms with Gasteiger partial charge in [-0.05, 0) is 6.08 Å². The Morgan fingerprint density at radius 3 is 2.94 bits per heavy atom. The van der Waals surface area contributed by atoms with E-state index < -0.39 is 6.67 Å². The fourth-order valence-corrected chi connectivity index (χ4v) is 1.33. The average molecular weight is 295 g/mol. The first kappa shape index (κ1) is 14.8. The number of nitrogens with one attached hydrogen (secondary N) is 2. The van der Waals surface area contributed by atoms with Gasteiger partial charge in [-0.1, -0.05) is 23.2 Å². The molecular weight excluding hydrogens is 282 g/mol. The zero-order valence-corrected chi connectivity index (χ0v) is 11.0. The molecule has 0 fully saturated rings. The number of amides is 2. The number of halogens is 3. The Labute approximate surface area is 114 Å². The van der Waals surface area contributed by atoms with Crippen LogP contribution in [0.5, 0.6) is 0 Å². The molecule has 0 aliphatic rings. The van der Waals surface area contributed by atoms with Crippen LogP contribution in [0.3, 0.4) is 0 Å². The zero-order valence-electron chi connectivity index (χ0n) is 9.50. The highest BCUT2D eigenvalue weighted by molar-refractivity contribution is 6.55. The van der Waals surface area contributed by atoms with Crippen LogP contribution in [0.1, 0.15) is 5.56 Å². The first-order chi connectivity index (χ1) is 8.61. The highest BCUT2D eigenvalue weighted by atomic mass is 35.5. The molecule has 1 rings (SSSR count). The molecule has 1 aromatic rings. The van der Waals surface area contributed by atoms with Gasteiger partial charge in [-0.3, -0.25) is 4.68 Å². The Kier molecular flexibility index (Phi) is 6.53. The minimum absolute atomic E-state index is 0.0998. The van der Waals surface area contributed by atoms with Crippen LogP contribution in [0.25, 0.3) is 0 Å². The van der Waals surface area contributed by atoms with Crippen LogP contribution in [0.2, 0.25) is 0 Å². The van der Waals surface area contributed by atoms with Crippen molar-refractivity contribution in [2.24, 2.45) is 0 Å². The van der Waals surface area contributed by atoms with Crippen molar-refractivity contribution < 1.29 is 9.18 Å². The monoisotopic (exact) mass is 294 g/mol. The van der Waals surface area contributed by atoms with Crippen molar-refractivity contribution in [3.8, 4) is 0 Å². The zero-order chi connectivity index (χ0) is 13.4. The van der Waals surface area contributed by atoms with Crippen molar-refractivity contribution in [2.75, 3.05) is 13.2 Å². The van der Waals surface area contributed by atoms with Crippen molar-refractivity contribution in [1.29, 1.82) is 0 Å². The van der Waals surface area contributed by atoms with Crippen LogP contribution in [0, 0.1) is 0 Å². The smallest absolute Gasteiger partial charge is 0.315 e. The molecule has 0 unspecified atom stereocenters. The Balaban J connectivity index is 2.26. The first-order valence-electron chi connectivity index (χ1n) is 5.22. The van der Waals surface area contributed by atoms with E-state index >= 15 is 0 Å². The summed E-state index contributed by atoms with van der Waals surface area (Å²) in [6.45, 7) is 0.303. The van der Waals surface area contributed by atoms with Crippen molar-refractivity contribution in [1.82, 2.24) is 20.4 Å². The van der Waals surface area contributed by atoms with E-state index in [9.17, 15) is 9.18 Å². The molecule has 5 nitrogen and oxygen atoms in total. The topological polar surface area (TPSA) is 59.0 Å². The molecule has 0 aliphatic carbocycles. The summed E-state index contributed by atoms with van der Waals surface area (Å²) >= 11 is 10.8. The van der Waals surface area contributed by atoms with Crippen LogP contribution >= 0.6 is 23.2 Å². The molecule has 0 radical (unpaired) electrons. The minimum atomic E-state index is -0.472. The fourth-order valence-electron chi connectivity index (χ4n) is 1.17. The number of nitrogens with zero attached hydrogens (tertiary/aromatic N) is 2. The average Bonchev–Trinajstić information content (AvgIpc) is 2.74. The lowest BCUT2D eigenvalue weighted by molar-refractivity contribution is 0.241. The number of carbonyl (C=O) groups excluding carboxylic acids is 1. The van der Waals surface area contributed by atoms with E-state index in [1.165, 1.54) is 10.8 Å². The number of hydrogen-bond donors (Lipinski definition) is 2.